The van der Waals surface area contributed by atoms with E-state index in [4.69, 9.17) is 4.74 Å². The number of hydrogen-bond donors (Lipinski definition) is 1. The molecule has 0 saturated heterocycles. The van der Waals surface area contributed by atoms with Gasteiger partial charge in [0.1, 0.15) is 0 Å². The van der Waals surface area contributed by atoms with E-state index in [1.165, 1.54) is 6.92 Å². The number of benzene rings is 1. The van der Waals surface area contributed by atoms with Crippen molar-refractivity contribution in [3.8, 4) is 0 Å². The first-order valence-corrected chi connectivity index (χ1v) is 8.03. The summed E-state index contributed by atoms with van der Waals surface area (Å²) in [6.07, 6.45) is 1.07. The van der Waals surface area contributed by atoms with Crippen molar-refractivity contribution in [2.75, 3.05) is 19.0 Å². The van der Waals surface area contributed by atoms with E-state index in [1.54, 1.807) is 24.3 Å². The van der Waals surface area contributed by atoms with Crippen molar-refractivity contribution in [2.45, 2.75) is 46.3 Å². The van der Waals surface area contributed by atoms with E-state index in [-0.39, 0.29) is 29.4 Å². The summed E-state index contributed by atoms with van der Waals surface area (Å²) in [5, 5.41) is 2.70. The molecule has 1 fully saturated rings. The zero-order chi connectivity index (χ0) is 17.2. The number of anilines is 1. The van der Waals surface area contributed by atoms with E-state index in [9.17, 15) is 9.59 Å². The SMILES string of the molecule is CCO[C@@H]1C[C@@H](N(C)C(=O)c2ccc(NC(C)=O)cc2)C1(C)C. The smallest absolute Gasteiger partial charge is 0.253 e. The number of nitrogens with zero attached hydrogens (tertiary/aromatic N) is 1. The number of hydrogen-bond acceptors (Lipinski definition) is 3. The lowest BCUT2D eigenvalue weighted by atomic mass is 9.63. The number of ether oxygens (including phenoxy) is 1. The number of nitrogens with one attached hydrogen (secondary N) is 1. The summed E-state index contributed by atoms with van der Waals surface area (Å²) in [6.45, 7) is 8.44. The quantitative estimate of drug-likeness (QED) is 0.908. The fourth-order valence-corrected chi connectivity index (χ4v) is 3.25. The van der Waals surface area contributed by atoms with Gasteiger partial charge in [-0.1, -0.05) is 13.8 Å². The fraction of sp³-hybridized carbons (Fsp3) is 0.556. The molecule has 1 aliphatic rings. The lowest BCUT2D eigenvalue weighted by Crippen LogP contribution is -2.62. The Kier molecular flexibility index (Phi) is 5.09. The van der Waals surface area contributed by atoms with Gasteiger partial charge in [0.15, 0.2) is 0 Å². The van der Waals surface area contributed by atoms with Gasteiger partial charge in [-0.25, -0.2) is 0 Å². The summed E-state index contributed by atoms with van der Waals surface area (Å²) >= 11 is 0. The van der Waals surface area contributed by atoms with Crippen LogP contribution in [-0.2, 0) is 9.53 Å². The van der Waals surface area contributed by atoms with Crippen LogP contribution in [0.4, 0.5) is 5.69 Å². The molecule has 0 aromatic heterocycles. The molecular weight excluding hydrogens is 292 g/mol. The van der Waals surface area contributed by atoms with Gasteiger partial charge in [-0.2, -0.15) is 0 Å². The molecule has 23 heavy (non-hydrogen) atoms. The van der Waals surface area contributed by atoms with E-state index in [1.807, 2.05) is 18.9 Å². The molecule has 2 atom stereocenters. The molecule has 5 heteroatoms. The molecule has 1 aromatic rings. The van der Waals surface area contributed by atoms with Crippen molar-refractivity contribution in [1.82, 2.24) is 4.90 Å². The van der Waals surface area contributed by atoms with Crippen molar-refractivity contribution in [3.63, 3.8) is 0 Å². The molecule has 1 N–H and O–H groups in total. The first-order valence-electron chi connectivity index (χ1n) is 8.03. The summed E-state index contributed by atoms with van der Waals surface area (Å²) in [5.41, 5.74) is 1.27. The van der Waals surface area contributed by atoms with Crippen LogP contribution in [0.25, 0.3) is 0 Å². The maximum atomic E-state index is 12.7. The Balaban J connectivity index is 2.04. The van der Waals surface area contributed by atoms with Crippen molar-refractivity contribution in [3.05, 3.63) is 29.8 Å². The van der Waals surface area contributed by atoms with Gasteiger partial charge in [0.2, 0.25) is 5.91 Å². The van der Waals surface area contributed by atoms with Gasteiger partial charge in [0, 0.05) is 43.3 Å². The highest BCUT2D eigenvalue weighted by Gasteiger charge is 2.51. The number of carbonyl (C=O) groups excluding carboxylic acids is 2. The van der Waals surface area contributed by atoms with Crippen LogP contribution >= 0.6 is 0 Å². The van der Waals surface area contributed by atoms with Crippen molar-refractivity contribution < 1.29 is 14.3 Å². The lowest BCUT2D eigenvalue weighted by Gasteiger charge is -2.54. The van der Waals surface area contributed by atoms with Crippen LogP contribution in [0.1, 0.15) is 44.5 Å². The van der Waals surface area contributed by atoms with Crippen LogP contribution in [0.15, 0.2) is 24.3 Å². The van der Waals surface area contributed by atoms with Crippen molar-refractivity contribution in [1.29, 1.82) is 0 Å². The van der Waals surface area contributed by atoms with E-state index < -0.39 is 0 Å². The molecule has 1 saturated carbocycles. The topological polar surface area (TPSA) is 58.6 Å². The molecule has 0 bridgehead atoms. The molecule has 5 nitrogen and oxygen atoms in total. The molecule has 0 aliphatic heterocycles. The number of amides is 2. The first kappa shape index (κ1) is 17.5. The molecule has 126 valence electrons. The fourth-order valence-electron chi connectivity index (χ4n) is 3.25. The third kappa shape index (κ3) is 3.55. The number of carbonyl (C=O) groups is 2. The standard InChI is InChI=1S/C18H26N2O3/c1-6-23-16-11-15(18(16,3)4)20(5)17(22)13-7-9-14(10-8-13)19-12(2)21/h7-10,15-16H,6,11H2,1-5H3,(H,19,21)/t15-,16-/m1/s1. The van der Waals surface area contributed by atoms with Crippen LogP contribution in [0.5, 0.6) is 0 Å². The normalized spacial score (nSPS) is 22.1. The third-order valence-corrected chi connectivity index (χ3v) is 4.73. The second-order valence-corrected chi connectivity index (χ2v) is 6.69. The highest BCUT2D eigenvalue weighted by Crippen LogP contribution is 2.45. The largest absolute Gasteiger partial charge is 0.378 e. The van der Waals surface area contributed by atoms with Gasteiger partial charge in [-0.05, 0) is 37.6 Å². The summed E-state index contributed by atoms with van der Waals surface area (Å²) in [5.74, 6) is -0.133. The van der Waals surface area contributed by atoms with Gasteiger partial charge in [-0.15, -0.1) is 0 Å². The number of rotatable bonds is 5. The lowest BCUT2D eigenvalue weighted by molar-refractivity contribution is -0.136. The van der Waals surface area contributed by atoms with Crippen molar-refractivity contribution in [2.24, 2.45) is 5.41 Å². The molecular formula is C18H26N2O3. The Morgan fingerprint density at radius 2 is 1.91 bits per heavy atom. The summed E-state index contributed by atoms with van der Waals surface area (Å²) in [4.78, 5) is 25.5. The predicted octanol–water partition coefficient (Wildman–Crippen LogP) is 2.92. The maximum absolute atomic E-state index is 12.7. The Bertz CT molecular complexity index is 580. The maximum Gasteiger partial charge on any atom is 0.253 e. The average Bonchev–Trinajstić information content (AvgIpc) is 2.50. The minimum absolute atomic E-state index is 0.00704. The molecule has 0 unspecified atom stereocenters. The molecule has 2 rings (SSSR count). The van der Waals surface area contributed by atoms with Crippen LogP contribution < -0.4 is 5.32 Å². The predicted molar refractivity (Wildman–Crippen MR) is 90.4 cm³/mol. The minimum atomic E-state index is -0.126. The average molecular weight is 318 g/mol. The third-order valence-electron chi connectivity index (χ3n) is 4.73. The van der Waals surface area contributed by atoms with Gasteiger partial charge >= 0.3 is 0 Å². The van der Waals surface area contributed by atoms with E-state index in [0.717, 1.165) is 6.42 Å². The molecule has 0 radical (unpaired) electrons. The van der Waals surface area contributed by atoms with Crippen LogP contribution in [0.3, 0.4) is 0 Å². The van der Waals surface area contributed by atoms with Gasteiger partial charge < -0.3 is 15.0 Å². The Morgan fingerprint density at radius 1 is 1.30 bits per heavy atom. The molecule has 0 spiro atoms. The van der Waals surface area contributed by atoms with Crippen LogP contribution in [0, 0.1) is 5.41 Å². The molecule has 1 aromatic carbocycles. The highest BCUT2D eigenvalue weighted by molar-refractivity contribution is 5.95. The molecule has 0 heterocycles. The van der Waals surface area contributed by atoms with Crippen LogP contribution in [-0.4, -0.2) is 42.5 Å². The molecule has 2 amide bonds. The molecule has 1 aliphatic carbocycles. The summed E-state index contributed by atoms with van der Waals surface area (Å²) in [7, 11) is 1.85. The zero-order valence-electron chi connectivity index (χ0n) is 14.6. The Morgan fingerprint density at radius 3 is 2.39 bits per heavy atom. The van der Waals surface area contributed by atoms with Gasteiger partial charge in [-0.3, -0.25) is 9.59 Å². The Labute approximate surface area is 138 Å². The van der Waals surface area contributed by atoms with E-state index in [2.05, 4.69) is 19.2 Å². The van der Waals surface area contributed by atoms with Crippen molar-refractivity contribution >= 4 is 17.5 Å². The zero-order valence-corrected chi connectivity index (χ0v) is 14.6. The summed E-state index contributed by atoms with van der Waals surface area (Å²) < 4.78 is 5.73. The second-order valence-electron chi connectivity index (χ2n) is 6.69. The van der Waals surface area contributed by atoms with Gasteiger partial charge in [0.05, 0.1) is 6.10 Å². The Hall–Kier alpha value is -1.88. The van der Waals surface area contributed by atoms with E-state index >= 15 is 0 Å². The minimum Gasteiger partial charge on any atom is -0.378 e. The van der Waals surface area contributed by atoms with Gasteiger partial charge in [0.25, 0.3) is 5.91 Å². The van der Waals surface area contributed by atoms with Crippen LogP contribution in [0.2, 0.25) is 0 Å². The second kappa shape index (κ2) is 6.71. The first-order chi connectivity index (χ1) is 10.8. The van der Waals surface area contributed by atoms with E-state index in [0.29, 0.717) is 17.9 Å². The highest BCUT2D eigenvalue weighted by atomic mass is 16.5. The summed E-state index contributed by atoms with van der Waals surface area (Å²) in [6, 6.07) is 7.15. The monoisotopic (exact) mass is 318 g/mol.